The normalized spacial score (nSPS) is 8.67. The zero-order valence-corrected chi connectivity index (χ0v) is 22.1. The molecule has 0 radical (unpaired) electrons. The summed E-state index contributed by atoms with van der Waals surface area (Å²) < 4.78 is 0. The van der Waals surface area contributed by atoms with E-state index in [0.29, 0.717) is 0 Å². The molecule has 0 nitrogen and oxygen atoms in total. The van der Waals surface area contributed by atoms with Gasteiger partial charge in [0, 0.05) is 0 Å². The summed E-state index contributed by atoms with van der Waals surface area (Å²) >= 11 is 0. The summed E-state index contributed by atoms with van der Waals surface area (Å²) in [6.45, 7) is 0. The second-order valence-electron chi connectivity index (χ2n) is 6.08. The second-order valence-corrected chi connectivity index (χ2v) is 6.08. The van der Waals surface area contributed by atoms with E-state index >= 15 is 0 Å². The van der Waals surface area contributed by atoms with Crippen LogP contribution in [0.15, 0.2) is 133 Å². The van der Waals surface area contributed by atoms with Gasteiger partial charge in [-0.2, -0.15) is 35.7 Å². The maximum absolute atomic E-state index is 4.53. The minimum Gasteiger partial charge on any atom is -0.533 e. The summed E-state index contributed by atoms with van der Waals surface area (Å²) in [4.78, 5) is 0. The van der Waals surface area contributed by atoms with Gasteiger partial charge in [0.2, 0.25) is 0 Å². The van der Waals surface area contributed by atoms with Crippen molar-refractivity contribution in [2.45, 2.75) is 0 Å². The Morgan fingerprint density at radius 3 is 1.53 bits per heavy atom. The molecule has 0 N–H and O–H groups in total. The van der Waals surface area contributed by atoms with E-state index < -0.39 is 0 Å². The van der Waals surface area contributed by atoms with Gasteiger partial charge in [-0.3, -0.25) is 0 Å². The van der Waals surface area contributed by atoms with Crippen LogP contribution in [0.5, 0.6) is 0 Å². The molecule has 0 saturated carbocycles. The fourth-order valence-electron chi connectivity index (χ4n) is 2.68. The van der Waals surface area contributed by atoms with E-state index in [1.807, 2.05) is 42.5 Å². The largest absolute Gasteiger partial charge is 4.00 e. The van der Waals surface area contributed by atoms with Crippen molar-refractivity contribution in [3.05, 3.63) is 151 Å². The summed E-state index contributed by atoms with van der Waals surface area (Å²) in [5.41, 5.74) is 2.49. The Morgan fingerprint density at radius 1 is 0.567 bits per heavy atom. The van der Waals surface area contributed by atoms with Gasteiger partial charge in [-0.1, -0.05) is 42.5 Å². The Morgan fingerprint density at radius 2 is 1.07 bits per heavy atom. The molecule has 5 aromatic rings. The van der Waals surface area contributed by atoms with Crippen LogP contribution >= 0.6 is 0 Å². The molecule has 0 unspecified atom stereocenters. The third-order valence-corrected chi connectivity index (χ3v) is 4.04. The van der Waals surface area contributed by atoms with Gasteiger partial charge < -0.3 is 6.17 Å². The van der Waals surface area contributed by atoms with Crippen LogP contribution in [0.4, 0.5) is 0 Å². The Kier molecular flexibility index (Phi) is 13.8. The van der Waals surface area contributed by atoms with Crippen molar-refractivity contribution in [1.82, 2.24) is 0 Å². The van der Waals surface area contributed by atoms with Crippen LogP contribution in [0.25, 0.3) is 10.8 Å². The summed E-state index contributed by atoms with van der Waals surface area (Å²) in [6, 6.07) is 45.3. The molecule has 0 heterocycles. The first kappa shape index (κ1) is 25.5. The number of hydrogen-bond donors (Lipinski definition) is 0. The predicted molar refractivity (Wildman–Crippen MR) is 132 cm³/mol. The molecule has 0 bridgehead atoms. The fraction of sp³-hybridized carbons (Fsp3) is 0. The number of benzene rings is 3. The van der Waals surface area contributed by atoms with Crippen molar-refractivity contribution in [1.29, 1.82) is 0 Å². The summed E-state index contributed by atoms with van der Waals surface area (Å²) in [7, 11) is 1.36. The smallest absolute Gasteiger partial charge is 0.533 e. The van der Waals surface area contributed by atoms with Crippen LogP contribution in [0.3, 0.4) is 0 Å². The Balaban J connectivity index is 0.000000230. The van der Waals surface area contributed by atoms with Crippen LogP contribution in [-0.4, -0.2) is 16.0 Å². The number of rotatable bonds is 2. The van der Waals surface area contributed by atoms with E-state index in [-0.39, 0.29) is 25.8 Å². The molecule has 0 amide bonds. The van der Waals surface area contributed by atoms with Crippen molar-refractivity contribution in [3.63, 3.8) is 0 Å². The maximum atomic E-state index is 4.53. The third kappa shape index (κ3) is 9.77. The average molecular weight is 569 g/mol. The summed E-state index contributed by atoms with van der Waals surface area (Å²) in [6.07, 6.45) is 6.69. The molecule has 0 aliphatic rings. The molecule has 2 heteroatoms. The monoisotopic (exact) mass is 570 g/mol. The fourth-order valence-corrected chi connectivity index (χ4v) is 2.68. The zero-order chi connectivity index (χ0) is 20.6. The van der Waals surface area contributed by atoms with Gasteiger partial charge in [0.05, 0.1) is 0 Å². The van der Waals surface area contributed by atoms with Gasteiger partial charge in [-0.15, -0.1) is 71.5 Å². The second kappa shape index (κ2) is 16.3. The molecule has 0 atom stereocenters. The van der Waals surface area contributed by atoms with Crippen molar-refractivity contribution in [2.24, 2.45) is 0 Å². The quantitative estimate of drug-likeness (QED) is 0.176. The predicted octanol–water partition coefficient (Wildman–Crippen LogP) is 6.18. The maximum Gasteiger partial charge on any atom is 4.00 e. The van der Waals surface area contributed by atoms with Crippen LogP contribution in [0.1, 0.15) is 11.1 Å². The molecular formula is C28H26HfSi. The Hall–Kier alpha value is -2.55. The molecule has 0 spiro atoms. The van der Waals surface area contributed by atoms with Gasteiger partial charge in [0.25, 0.3) is 0 Å². The van der Waals surface area contributed by atoms with E-state index in [2.05, 4.69) is 104 Å². The Bertz CT molecular complexity index is 917. The minimum absolute atomic E-state index is 0. The minimum atomic E-state index is 0. The van der Waals surface area contributed by atoms with Gasteiger partial charge in [-0.05, 0) is 0 Å². The SMILES string of the molecule is [CH-]=[SiH2].[Hf+4].c1cc[cH-]c1.c1ccc([CH-]c2ccccc2)cc1.c1ccc2[cH-]ccc2c1. The standard InChI is InChI=1S/C13H11.C9H7.C5H5.CH3Si.Hf/c1-3-7-12(8-4-1)11-13-9-5-2-6-10-13;1-2-5-9-7-3-6-8(9)4-1;1-2-4-5-3-1;1-2;/h1-11H;1-7H;1-5H;1H,2H2;/q4*-1;+4. The molecule has 0 aliphatic heterocycles. The van der Waals surface area contributed by atoms with E-state index in [4.69, 9.17) is 0 Å². The van der Waals surface area contributed by atoms with E-state index in [1.54, 1.807) is 0 Å². The van der Waals surface area contributed by atoms with Crippen molar-refractivity contribution in [3.8, 4) is 0 Å². The van der Waals surface area contributed by atoms with E-state index in [9.17, 15) is 0 Å². The topological polar surface area (TPSA) is 0 Å². The van der Waals surface area contributed by atoms with Gasteiger partial charge in [0.15, 0.2) is 0 Å². The molecule has 0 aromatic heterocycles. The first-order valence-corrected chi connectivity index (χ1v) is 10.4. The number of hydrogen-bond acceptors (Lipinski definition) is 0. The molecule has 5 rings (SSSR count). The van der Waals surface area contributed by atoms with Crippen LogP contribution < -0.4 is 0 Å². The van der Waals surface area contributed by atoms with Crippen LogP contribution in [0.2, 0.25) is 0 Å². The molecular weight excluding hydrogens is 543 g/mol. The van der Waals surface area contributed by atoms with Gasteiger partial charge in [0.1, 0.15) is 0 Å². The van der Waals surface area contributed by atoms with Gasteiger partial charge >= 0.3 is 25.8 Å². The Labute approximate surface area is 202 Å². The molecule has 0 fully saturated rings. The molecule has 146 valence electrons. The first-order valence-electron chi connectivity index (χ1n) is 9.54. The van der Waals surface area contributed by atoms with Crippen molar-refractivity contribution in [2.75, 3.05) is 0 Å². The van der Waals surface area contributed by atoms with Crippen LogP contribution in [-0.2, 0) is 25.8 Å². The van der Waals surface area contributed by atoms with E-state index in [1.165, 1.54) is 31.8 Å². The van der Waals surface area contributed by atoms with Crippen LogP contribution in [0, 0.1) is 6.42 Å². The summed E-state index contributed by atoms with van der Waals surface area (Å²) in [5.74, 6) is 0. The first-order chi connectivity index (χ1) is 14.4. The molecule has 0 aliphatic carbocycles. The van der Waals surface area contributed by atoms with Gasteiger partial charge in [-0.25, -0.2) is 22.0 Å². The average Bonchev–Trinajstić information content (AvgIpc) is 3.52. The molecule has 5 aromatic carbocycles. The van der Waals surface area contributed by atoms with Crippen molar-refractivity contribution < 1.29 is 25.8 Å². The number of fused-ring (bicyclic) bond motifs is 1. The summed E-state index contributed by atoms with van der Waals surface area (Å²) in [5, 5.41) is 2.66. The third-order valence-electron chi connectivity index (χ3n) is 4.04. The van der Waals surface area contributed by atoms with Crippen molar-refractivity contribution >= 4 is 26.8 Å². The van der Waals surface area contributed by atoms with E-state index in [0.717, 1.165) is 0 Å². The molecule has 30 heavy (non-hydrogen) atoms. The zero-order valence-electron chi connectivity index (χ0n) is 17.1. The molecule has 0 saturated heterocycles.